The molecular formula is C16H15NO5. The van der Waals surface area contributed by atoms with Crippen molar-refractivity contribution in [3.05, 3.63) is 69.3 Å². The van der Waals surface area contributed by atoms with E-state index >= 15 is 0 Å². The molecule has 6 nitrogen and oxygen atoms in total. The summed E-state index contributed by atoms with van der Waals surface area (Å²) in [5.41, 5.74) is 3.01. The van der Waals surface area contributed by atoms with Gasteiger partial charge in [0.1, 0.15) is 12.4 Å². The highest BCUT2D eigenvalue weighted by molar-refractivity contribution is 5.64. The second kappa shape index (κ2) is 6.71. The number of rotatable bonds is 4. The zero-order valence-electron chi connectivity index (χ0n) is 12.2. The first-order valence-corrected chi connectivity index (χ1v) is 6.61. The Hall–Kier alpha value is -2.89. The van der Waals surface area contributed by atoms with Crippen molar-refractivity contribution >= 4 is 11.8 Å². The summed E-state index contributed by atoms with van der Waals surface area (Å²) in [4.78, 5) is 21.6. The predicted molar refractivity (Wildman–Crippen MR) is 79.8 cm³/mol. The third-order valence-electron chi connectivity index (χ3n) is 3.31. The Balaban J connectivity index is 1.93. The molecule has 0 spiro atoms. The van der Waals surface area contributed by atoms with E-state index in [0.717, 1.165) is 16.7 Å². The lowest BCUT2D eigenvalue weighted by Crippen LogP contribution is -2.11. The number of nitrogens with zero attached hydrogens (tertiary/aromatic N) is 1. The van der Waals surface area contributed by atoms with E-state index in [0.29, 0.717) is 0 Å². The summed E-state index contributed by atoms with van der Waals surface area (Å²) in [7, 11) is 0. The van der Waals surface area contributed by atoms with E-state index in [-0.39, 0.29) is 18.0 Å². The van der Waals surface area contributed by atoms with Crippen molar-refractivity contribution in [1.29, 1.82) is 0 Å². The number of benzene rings is 2. The molecule has 2 aromatic rings. The molecule has 0 heterocycles. The van der Waals surface area contributed by atoms with Gasteiger partial charge in [-0.3, -0.25) is 10.1 Å². The maximum absolute atomic E-state index is 11.6. The van der Waals surface area contributed by atoms with Crippen LogP contribution in [0, 0.1) is 24.0 Å². The number of ether oxygens (including phenoxy) is 2. The smallest absolute Gasteiger partial charge is 0.429 e. The van der Waals surface area contributed by atoms with Crippen LogP contribution in [-0.2, 0) is 11.3 Å². The second-order valence-corrected chi connectivity index (χ2v) is 4.75. The van der Waals surface area contributed by atoms with Crippen LogP contribution < -0.4 is 4.74 Å². The van der Waals surface area contributed by atoms with Crippen LogP contribution >= 0.6 is 0 Å². The minimum atomic E-state index is -0.852. The van der Waals surface area contributed by atoms with Crippen LogP contribution in [0.5, 0.6) is 5.75 Å². The molecule has 0 unspecified atom stereocenters. The van der Waals surface area contributed by atoms with Gasteiger partial charge in [-0.15, -0.1) is 0 Å². The van der Waals surface area contributed by atoms with Gasteiger partial charge in [0.25, 0.3) is 5.69 Å². The standard InChI is InChI=1S/C16H15NO5/c1-11-4-3-5-13(12(11)2)10-21-16(18)22-15-8-6-14(7-9-15)17(19)20/h3-9H,10H2,1-2H3. The summed E-state index contributed by atoms with van der Waals surface area (Å²) in [5, 5.41) is 10.5. The second-order valence-electron chi connectivity index (χ2n) is 4.75. The number of nitro benzene ring substituents is 1. The first-order valence-electron chi connectivity index (χ1n) is 6.61. The molecule has 0 N–H and O–H groups in total. The molecule has 0 aromatic heterocycles. The summed E-state index contributed by atoms with van der Waals surface area (Å²) >= 11 is 0. The van der Waals surface area contributed by atoms with Crippen LogP contribution in [0.4, 0.5) is 10.5 Å². The number of carbonyl (C=O) groups is 1. The Labute approximate surface area is 127 Å². The first kappa shape index (κ1) is 15.5. The van der Waals surface area contributed by atoms with Crippen molar-refractivity contribution < 1.29 is 19.2 Å². The molecule has 0 saturated carbocycles. The number of hydrogen-bond donors (Lipinski definition) is 0. The monoisotopic (exact) mass is 301 g/mol. The maximum Gasteiger partial charge on any atom is 0.514 e. The molecule has 0 aliphatic rings. The Kier molecular flexibility index (Phi) is 4.73. The number of aryl methyl sites for hydroxylation is 1. The molecule has 0 atom stereocenters. The summed E-state index contributed by atoms with van der Waals surface area (Å²) in [6, 6.07) is 11.0. The van der Waals surface area contributed by atoms with Crippen molar-refractivity contribution in [3.8, 4) is 5.75 Å². The van der Waals surface area contributed by atoms with Gasteiger partial charge < -0.3 is 9.47 Å². The Morgan fingerprint density at radius 3 is 2.45 bits per heavy atom. The lowest BCUT2D eigenvalue weighted by Gasteiger charge is -2.09. The Morgan fingerprint density at radius 1 is 1.14 bits per heavy atom. The SMILES string of the molecule is Cc1cccc(COC(=O)Oc2ccc([N+](=O)[O-])cc2)c1C. The van der Waals surface area contributed by atoms with Gasteiger partial charge in [0.05, 0.1) is 4.92 Å². The molecule has 0 amide bonds. The van der Waals surface area contributed by atoms with Crippen LogP contribution in [-0.4, -0.2) is 11.1 Å². The summed E-state index contributed by atoms with van der Waals surface area (Å²) < 4.78 is 10.0. The number of carbonyl (C=O) groups excluding carboxylic acids is 1. The van der Waals surface area contributed by atoms with Gasteiger partial charge in [-0.1, -0.05) is 18.2 Å². The number of nitro groups is 1. The van der Waals surface area contributed by atoms with E-state index in [9.17, 15) is 14.9 Å². The molecule has 0 saturated heterocycles. The van der Waals surface area contributed by atoms with E-state index < -0.39 is 11.1 Å². The fourth-order valence-electron chi connectivity index (χ4n) is 1.87. The molecule has 2 rings (SSSR count). The van der Waals surface area contributed by atoms with Crippen LogP contribution in [0.15, 0.2) is 42.5 Å². The molecule has 0 aliphatic heterocycles. The van der Waals surface area contributed by atoms with Crippen LogP contribution in [0.2, 0.25) is 0 Å². The minimum Gasteiger partial charge on any atom is -0.429 e. The van der Waals surface area contributed by atoms with Crippen molar-refractivity contribution in [3.63, 3.8) is 0 Å². The van der Waals surface area contributed by atoms with Crippen molar-refractivity contribution in [2.24, 2.45) is 0 Å². The normalized spacial score (nSPS) is 10.1. The predicted octanol–water partition coefficient (Wildman–Crippen LogP) is 3.93. The van der Waals surface area contributed by atoms with Gasteiger partial charge in [0.15, 0.2) is 0 Å². The maximum atomic E-state index is 11.6. The number of hydrogen-bond acceptors (Lipinski definition) is 5. The Morgan fingerprint density at radius 2 is 1.82 bits per heavy atom. The fourth-order valence-corrected chi connectivity index (χ4v) is 1.87. The highest BCUT2D eigenvalue weighted by Gasteiger charge is 2.10. The van der Waals surface area contributed by atoms with Gasteiger partial charge in [-0.25, -0.2) is 4.79 Å². The van der Waals surface area contributed by atoms with Crippen molar-refractivity contribution in [2.45, 2.75) is 20.5 Å². The molecule has 0 radical (unpaired) electrons. The van der Waals surface area contributed by atoms with Gasteiger partial charge in [0.2, 0.25) is 0 Å². The van der Waals surface area contributed by atoms with Gasteiger partial charge in [-0.2, -0.15) is 0 Å². The highest BCUT2D eigenvalue weighted by atomic mass is 16.7. The van der Waals surface area contributed by atoms with Crippen molar-refractivity contribution in [2.75, 3.05) is 0 Å². The fraction of sp³-hybridized carbons (Fsp3) is 0.188. The van der Waals surface area contributed by atoms with Crippen LogP contribution in [0.3, 0.4) is 0 Å². The van der Waals surface area contributed by atoms with Gasteiger partial charge >= 0.3 is 6.16 Å². The molecular weight excluding hydrogens is 286 g/mol. The van der Waals surface area contributed by atoms with Gasteiger partial charge in [0, 0.05) is 12.1 Å². The average molecular weight is 301 g/mol. The molecule has 0 fully saturated rings. The largest absolute Gasteiger partial charge is 0.514 e. The van der Waals surface area contributed by atoms with E-state index in [4.69, 9.17) is 9.47 Å². The molecule has 0 aliphatic carbocycles. The minimum absolute atomic E-state index is 0.0731. The van der Waals surface area contributed by atoms with E-state index in [1.807, 2.05) is 32.0 Å². The van der Waals surface area contributed by atoms with Gasteiger partial charge in [-0.05, 0) is 42.7 Å². The van der Waals surface area contributed by atoms with Crippen LogP contribution in [0.1, 0.15) is 16.7 Å². The summed E-state index contributed by atoms with van der Waals surface area (Å²) in [6.07, 6.45) is -0.852. The number of non-ortho nitro benzene ring substituents is 1. The van der Waals surface area contributed by atoms with E-state index in [2.05, 4.69) is 0 Å². The highest BCUT2D eigenvalue weighted by Crippen LogP contribution is 2.18. The topological polar surface area (TPSA) is 78.7 Å². The first-order chi connectivity index (χ1) is 10.5. The molecule has 22 heavy (non-hydrogen) atoms. The zero-order valence-corrected chi connectivity index (χ0v) is 12.2. The summed E-state index contributed by atoms with van der Waals surface area (Å²) in [6.45, 7) is 4.04. The third-order valence-corrected chi connectivity index (χ3v) is 3.31. The summed E-state index contributed by atoms with van der Waals surface area (Å²) in [5.74, 6) is 0.191. The van der Waals surface area contributed by atoms with Crippen molar-refractivity contribution in [1.82, 2.24) is 0 Å². The zero-order chi connectivity index (χ0) is 16.1. The molecule has 0 bridgehead atoms. The lowest BCUT2D eigenvalue weighted by atomic mass is 10.0. The molecule has 2 aromatic carbocycles. The van der Waals surface area contributed by atoms with E-state index in [1.165, 1.54) is 24.3 Å². The van der Waals surface area contributed by atoms with E-state index in [1.54, 1.807) is 0 Å². The quantitative estimate of drug-likeness (QED) is 0.370. The molecule has 114 valence electrons. The van der Waals surface area contributed by atoms with Crippen LogP contribution in [0.25, 0.3) is 0 Å². The third kappa shape index (κ3) is 3.82. The average Bonchev–Trinajstić information content (AvgIpc) is 2.49. The Bertz CT molecular complexity index is 694. The molecule has 6 heteroatoms. The lowest BCUT2D eigenvalue weighted by molar-refractivity contribution is -0.384.